The number of esters is 1. The molecule has 5 heteroatoms. The molecule has 0 unspecified atom stereocenters. The second kappa shape index (κ2) is 10.3. The zero-order valence-corrected chi connectivity index (χ0v) is 19.5. The predicted molar refractivity (Wildman–Crippen MR) is 128 cm³/mol. The second-order valence-corrected chi connectivity index (χ2v) is 9.27. The maximum Gasteiger partial charge on any atom is 0.308 e. The predicted octanol–water partition coefficient (Wildman–Crippen LogP) is 7.15. The van der Waals surface area contributed by atoms with Gasteiger partial charge in [-0.25, -0.2) is 0 Å². The summed E-state index contributed by atoms with van der Waals surface area (Å²) >= 11 is 12.7. The van der Waals surface area contributed by atoms with E-state index < -0.39 is 5.60 Å². The fourth-order valence-corrected chi connectivity index (χ4v) is 4.01. The molecule has 0 fully saturated rings. The van der Waals surface area contributed by atoms with E-state index in [4.69, 9.17) is 27.9 Å². The Hall–Kier alpha value is -2.33. The third-order valence-electron chi connectivity index (χ3n) is 4.76. The van der Waals surface area contributed by atoms with Crippen molar-refractivity contribution in [1.82, 2.24) is 5.32 Å². The largest absolute Gasteiger partial charge is 0.460 e. The summed E-state index contributed by atoms with van der Waals surface area (Å²) in [5, 5.41) is 4.71. The highest BCUT2D eigenvalue weighted by atomic mass is 35.5. The molecule has 3 nitrogen and oxygen atoms in total. The molecule has 0 heterocycles. The first kappa shape index (κ1) is 23.3. The molecule has 0 aromatic heterocycles. The first-order valence-corrected chi connectivity index (χ1v) is 11.0. The molecule has 0 bridgehead atoms. The molecule has 0 aliphatic heterocycles. The van der Waals surface area contributed by atoms with Crippen molar-refractivity contribution in [2.75, 3.05) is 0 Å². The van der Waals surface area contributed by atoms with Crippen molar-refractivity contribution in [2.24, 2.45) is 0 Å². The monoisotopic (exact) mass is 455 g/mol. The lowest BCUT2D eigenvalue weighted by atomic mass is 9.95. The third kappa shape index (κ3) is 6.83. The Morgan fingerprint density at radius 2 is 1.45 bits per heavy atom. The van der Waals surface area contributed by atoms with Crippen LogP contribution in [0.2, 0.25) is 10.0 Å². The molecule has 1 N–H and O–H groups in total. The van der Waals surface area contributed by atoms with E-state index in [1.165, 1.54) is 0 Å². The van der Waals surface area contributed by atoms with Gasteiger partial charge in [-0.2, -0.15) is 0 Å². The van der Waals surface area contributed by atoms with Gasteiger partial charge in [0.2, 0.25) is 0 Å². The van der Waals surface area contributed by atoms with Crippen LogP contribution >= 0.6 is 23.2 Å². The summed E-state index contributed by atoms with van der Waals surface area (Å²) in [7, 11) is 0. The average molecular weight is 456 g/mol. The van der Waals surface area contributed by atoms with Gasteiger partial charge in [-0.1, -0.05) is 89.9 Å². The first-order valence-electron chi connectivity index (χ1n) is 10.3. The van der Waals surface area contributed by atoms with E-state index in [9.17, 15) is 4.79 Å². The van der Waals surface area contributed by atoms with Crippen LogP contribution in [0.25, 0.3) is 0 Å². The molecule has 0 saturated carbocycles. The van der Waals surface area contributed by atoms with E-state index in [0.717, 1.165) is 16.7 Å². The SMILES string of the molecule is CC(C)(C)OC(=O)C[C@@H](NC(c1ccccc1)c1ccccc1)c1ccc(Cl)cc1Cl. The number of carbonyl (C=O) groups excluding carboxylic acids is 1. The first-order chi connectivity index (χ1) is 14.7. The van der Waals surface area contributed by atoms with Crippen molar-refractivity contribution in [3.8, 4) is 0 Å². The van der Waals surface area contributed by atoms with E-state index in [1.54, 1.807) is 12.1 Å². The molecule has 0 spiro atoms. The highest BCUT2D eigenvalue weighted by Crippen LogP contribution is 2.33. The number of carbonyl (C=O) groups is 1. The Kier molecular flexibility index (Phi) is 7.77. The van der Waals surface area contributed by atoms with Crippen molar-refractivity contribution >= 4 is 29.2 Å². The van der Waals surface area contributed by atoms with Gasteiger partial charge in [0.05, 0.1) is 12.5 Å². The smallest absolute Gasteiger partial charge is 0.308 e. The second-order valence-electron chi connectivity index (χ2n) is 8.43. The van der Waals surface area contributed by atoms with E-state index in [-0.39, 0.29) is 24.5 Å². The van der Waals surface area contributed by atoms with Crippen LogP contribution in [0.1, 0.15) is 56.0 Å². The van der Waals surface area contributed by atoms with Gasteiger partial charge in [-0.05, 0) is 49.6 Å². The lowest BCUT2D eigenvalue weighted by molar-refractivity contribution is -0.155. The lowest BCUT2D eigenvalue weighted by Crippen LogP contribution is -2.32. The minimum atomic E-state index is -0.566. The molecule has 0 aliphatic rings. The van der Waals surface area contributed by atoms with Crippen LogP contribution in [0.3, 0.4) is 0 Å². The normalized spacial score (nSPS) is 12.6. The Bertz CT molecular complexity index is 961. The summed E-state index contributed by atoms with van der Waals surface area (Å²) in [6.45, 7) is 5.58. The van der Waals surface area contributed by atoms with E-state index in [0.29, 0.717) is 10.0 Å². The zero-order chi connectivity index (χ0) is 22.4. The fourth-order valence-electron chi connectivity index (χ4n) is 3.47. The van der Waals surface area contributed by atoms with Crippen LogP contribution in [-0.4, -0.2) is 11.6 Å². The van der Waals surface area contributed by atoms with Crippen LogP contribution in [0.15, 0.2) is 78.9 Å². The maximum absolute atomic E-state index is 12.7. The average Bonchev–Trinajstić information content (AvgIpc) is 2.71. The quantitative estimate of drug-likeness (QED) is 0.384. The van der Waals surface area contributed by atoms with Gasteiger partial charge in [0.25, 0.3) is 0 Å². The Balaban J connectivity index is 1.99. The molecular formula is C26H27Cl2NO2. The summed E-state index contributed by atoms with van der Waals surface area (Å²) in [5.41, 5.74) is 2.42. The van der Waals surface area contributed by atoms with Crippen molar-refractivity contribution in [3.05, 3.63) is 106 Å². The van der Waals surface area contributed by atoms with Gasteiger partial charge in [-0.15, -0.1) is 0 Å². The lowest BCUT2D eigenvalue weighted by Gasteiger charge is -2.28. The van der Waals surface area contributed by atoms with Crippen LogP contribution < -0.4 is 5.32 Å². The number of hydrogen-bond donors (Lipinski definition) is 1. The number of nitrogens with one attached hydrogen (secondary N) is 1. The Morgan fingerprint density at radius 3 is 1.94 bits per heavy atom. The van der Waals surface area contributed by atoms with Crippen LogP contribution in [0, 0.1) is 0 Å². The summed E-state index contributed by atoms with van der Waals surface area (Å²) in [6, 6.07) is 25.1. The number of rotatable bonds is 7. The molecule has 31 heavy (non-hydrogen) atoms. The molecule has 3 rings (SSSR count). The fraction of sp³-hybridized carbons (Fsp3) is 0.269. The minimum absolute atomic E-state index is 0.134. The molecule has 1 atom stereocenters. The Morgan fingerprint density at radius 1 is 0.903 bits per heavy atom. The molecule has 3 aromatic rings. The van der Waals surface area contributed by atoms with Crippen LogP contribution in [0.5, 0.6) is 0 Å². The highest BCUT2D eigenvalue weighted by Gasteiger charge is 2.26. The van der Waals surface area contributed by atoms with Gasteiger partial charge in [-0.3, -0.25) is 10.1 Å². The number of ether oxygens (including phenoxy) is 1. The van der Waals surface area contributed by atoms with Crippen molar-refractivity contribution in [3.63, 3.8) is 0 Å². The van der Waals surface area contributed by atoms with Crippen molar-refractivity contribution < 1.29 is 9.53 Å². The molecule has 0 saturated heterocycles. The standard InChI is InChI=1S/C26H27Cl2NO2/c1-26(2,3)31-24(30)17-23(21-15-14-20(27)16-22(21)28)29-25(18-10-6-4-7-11-18)19-12-8-5-9-13-19/h4-16,23,25,29H,17H2,1-3H3/t23-/m1/s1. The van der Waals surface area contributed by atoms with Gasteiger partial charge < -0.3 is 4.74 Å². The summed E-state index contributed by atoms with van der Waals surface area (Å²) in [6.07, 6.45) is 0.134. The molecule has 3 aromatic carbocycles. The topological polar surface area (TPSA) is 38.3 Å². The summed E-state index contributed by atoms with van der Waals surface area (Å²) in [4.78, 5) is 12.7. The van der Waals surface area contributed by atoms with Gasteiger partial charge in [0, 0.05) is 16.1 Å². The van der Waals surface area contributed by atoms with E-state index in [2.05, 4.69) is 29.6 Å². The van der Waals surface area contributed by atoms with Crippen LogP contribution in [-0.2, 0) is 9.53 Å². The molecule has 0 aliphatic carbocycles. The van der Waals surface area contributed by atoms with Gasteiger partial charge in [0.15, 0.2) is 0 Å². The Labute approximate surface area is 194 Å². The zero-order valence-electron chi connectivity index (χ0n) is 17.9. The summed E-state index contributed by atoms with van der Waals surface area (Å²) < 4.78 is 5.60. The maximum atomic E-state index is 12.7. The molecule has 0 amide bonds. The molecular weight excluding hydrogens is 429 g/mol. The van der Waals surface area contributed by atoms with Crippen molar-refractivity contribution in [2.45, 2.75) is 44.9 Å². The van der Waals surface area contributed by atoms with E-state index in [1.807, 2.05) is 63.2 Å². The molecule has 0 radical (unpaired) electrons. The summed E-state index contributed by atoms with van der Waals surface area (Å²) in [5.74, 6) is -0.295. The van der Waals surface area contributed by atoms with E-state index >= 15 is 0 Å². The van der Waals surface area contributed by atoms with Crippen molar-refractivity contribution in [1.29, 1.82) is 0 Å². The number of halogens is 2. The van der Waals surface area contributed by atoms with Gasteiger partial charge in [0.1, 0.15) is 5.60 Å². The van der Waals surface area contributed by atoms with Crippen LogP contribution in [0.4, 0.5) is 0 Å². The number of hydrogen-bond acceptors (Lipinski definition) is 3. The van der Waals surface area contributed by atoms with Gasteiger partial charge >= 0.3 is 5.97 Å². The highest BCUT2D eigenvalue weighted by molar-refractivity contribution is 6.35. The minimum Gasteiger partial charge on any atom is -0.460 e. The molecule has 162 valence electrons. The third-order valence-corrected chi connectivity index (χ3v) is 5.32. The number of benzene rings is 3.